The largest absolute Gasteiger partial charge is 0.444 e. The van der Waals surface area contributed by atoms with Gasteiger partial charge in [0.1, 0.15) is 35.1 Å². The number of ether oxygens (including phenoxy) is 2. The highest BCUT2D eigenvalue weighted by atomic mass is 19.1. The molecule has 5 atom stereocenters. The summed E-state index contributed by atoms with van der Waals surface area (Å²) in [6.45, 7) is 7.10. The third-order valence-electron chi connectivity index (χ3n) is 10.8. The van der Waals surface area contributed by atoms with Crippen molar-refractivity contribution in [2.45, 2.75) is 128 Å². The fourth-order valence-electron chi connectivity index (χ4n) is 7.74. The third kappa shape index (κ3) is 9.39. The lowest BCUT2D eigenvalue weighted by Crippen LogP contribution is -2.57. The van der Waals surface area contributed by atoms with Gasteiger partial charge in [-0.25, -0.2) is 14.0 Å². The first-order valence-corrected chi connectivity index (χ1v) is 19.6. The van der Waals surface area contributed by atoms with Gasteiger partial charge in [-0.05, 0) is 69.7 Å². The Morgan fingerprint density at radius 1 is 1.04 bits per heavy atom. The number of carbonyl (C=O) groups excluding carboxylic acids is 6. The van der Waals surface area contributed by atoms with Crippen LogP contribution in [0.25, 0.3) is 0 Å². The minimum absolute atomic E-state index is 0.0131. The number of hydrogen-bond donors (Lipinski definition) is 3. The maximum absolute atomic E-state index is 14.5. The molecule has 3 aliphatic heterocycles. The molecule has 0 spiro atoms. The molecule has 6 rings (SSSR count). The Morgan fingerprint density at radius 2 is 1.82 bits per heavy atom. The standard InChI is InChI=1S/C42H52FN5O8/c1-5-35(49)27-14-11-13-26(19-27)22-44-38(52)42-21-29(42)16-9-7-6-8-10-18-33(45-39(53)56-41(2,3)4)37(51)48-24-30(20-34(48)36(50)46-42)55-40(54)47-23-28-15-12-17-32(43)31(28)25-47/h9,11-17,19,29-30,33-34H,5-8,10,18,20-25H2,1-4H3,(H,44,52)(H,45,53)(H,46,50)/t29-,30-,33+,34+,42-/m1/s1. The number of halogens is 1. The van der Waals surface area contributed by atoms with E-state index in [1.165, 1.54) is 15.9 Å². The predicted octanol–water partition coefficient (Wildman–Crippen LogP) is 5.45. The van der Waals surface area contributed by atoms with Gasteiger partial charge in [-0.3, -0.25) is 24.1 Å². The first kappa shape index (κ1) is 40.4. The van der Waals surface area contributed by atoms with Crippen LogP contribution in [0, 0.1) is 11.7 Å². The second kappa shape index (κ2) is 16.8. The molecular weight excluding hydrogens is 721 g/mol. The molecule has 14 heteroatoms. The van der Waals surface area contributed by atoms with E-state index in [4.69, 9.17) is 9.47 Å². The summed E-state index contributed by atoms with van der Waals surface area (Å²) in [4.78, 5) is 84.2. The lowest BCUT2D eigenvalue weighted by molar-refractivity contribution is -0.141. The molecule has 0 unspecified atom stereocenters. The summed E-state index contributed by atoms with van der Waals surface area (Å²) in [6.07, 6.45) is 5.39. The Kier molecular flexibility index (Phi) is 12.2. The first-order valence-electron chi connectivity index (χ1n) is 19.6. The minimum atomic E-state index is -1.30. The van der Waals surface area contributed by atoms with Gasteiger partial charge in [0.05, 0.1) is 13.1 Å². The number of amides is 5. The summed E-state index contributed by atoms with van der Waals surface area (Å²) in [5.41, 5.74) is 0.244. The van der Waals surface area contributed by atoms with E-state index in [1.54, 1.807) is 58.0 Å². The van der Waals surface area contributed by atoms with Gasteiger partial charge in [0.15, 0.2) is 5.78 Å². The Morgan fingerprint density at radius 3 is 2.57 bits per heavy atom. The van der Waals surface area contributed by atoms with Crippen LogP contribution in [0.1, 0.15) is 106 Å². The molecular formula is C42H52FN5O8. The topological polar surface area (TPSA) is 163 Å². The van der Waals surface area contributed by atoms with Crippen LogP contribution in [0.3, 0.4) is 0 Å². The molecule has 56 heavy (non-hydrogen) atoms. The van der Waals surface area contributed by atoms with Gasteiger partial charge in [-0.2, -0.15) is 0 Å². The van der Waals surface area contributed by atoms with E-state index in [0.29, 0.717) is 36.0 Å². The van der Waals surface area contributed by atoms with E-state index in [2.05, 4.69) is 16.0 Å². The van der Waals surface area contributed by atoms with Gasteiger partial charge in [-0.15, -0.1) is 0 Å². The zero-order valence-electron chi connectivity index (χ0n) is 32.5. The molecule has 1 saturated carbocycles. The molecule has 0 aromatic heterocycles. The second-order valence-corrected chi connectivity index (χ2v) is 16.2. The van der Waals surface area contributed by atoms with Crippen molar-refractivity contribution in [1.82, 2.24) is 25.8 Å². The van der Waals surface area contributed by atoms with Crippen molar-refractivity contribution >= 4 is 35.7 Å². The van der Waals surface area contributed by atoms with Crippen LogP contribution in [-0.4, -0.2) is 81.4 Å². The van der Waals surface area contributed by atoms with Crippen molar-refractivity contribution in [3.8, 4) is 0 Å². The number of benzene rings is 2. The van der Waals surface area contributed by atoms with Crippen LogP contribution < -0.4 is 16.0 Å². The second-order valence-electron chi connectivity index (χ2n) is 16.2. The average molecular weight is 774 g/mol. The molecule has 3 heterocycles. The fourth-order valence-corrected chi connectivity index (χ4v) is 7.74. The van der Waals surface area contributed by atoms with Crippen LogP contribution >= 0.6 is 0 Å². The Bertz CT molecular complexity index is 1890. The summed E-state index contributed by atoms with van der Waals surface area (Å²) in [5, 5.41) is 8.65. The maximum atomic E-state index is 14.5. The Labute approximate surface area is 326 Å². The zero-order chi connectivity index (χ0) is 40.2. The number of carbonyl (C=O) groups is 6. The monoisotopic (exact) mass is 773 g/mol. The van der Waals surface area contributed by atoms with Gasteiger partial charge < -0.3 is 30.3 Å². The smallest absolute Gasteiger partial charge is 0.410 e. The summed E-state index contributed by atoms with van der Waals surface area (Å²) in [7, 11) is 0. The summed E-state index contributed by atoms with van der Waals surface area (Å²) in [6, 6.07) is 9.53. The summed E-state index contributed by atoms with van der Waals surface area (Å²) < 4.78 is 25.8. The number of Topliss-reactive ketones (excluding diaryl/α,β-unsaturated/α-hetero) is 1. The highest BCUT2D eigenvalue weighted by Crippen LogP contribution is 2.45. The molecule has 0 bridgehead atoms. The van der Waals surface area contributed by atoms with E-state index in [0.717, 1.165) is 24.8 Å². The average Bonchev–Trinajstić information content (AvgIpc) is 3.44. The molecule has 13 nitrogen and oxygen atoms in total. The van der Waals surface area contributed by atoms with Crippen molar-refractivity contribution < 1.29 is 42.6 Å². The van der Waals surface area contributed by atoms with Crippen LogP contribution in [-0.2, 0) is 43.5 Å². The quantitative estimate of drug-likeness (QED) is 0.247. The number of nitrogens with one attached hydrogen (secondary N) is 3. The molecule has 2 fully saturated rings. The molecule has 3 N–H and O–H groups in total. The van der Waals surface area contributed by atoms with Gasteiger partial charge in [-0.1, -0.05) is 62.2 Å². The number of allylic oxidation sites excluding steroid dienone is 1. The van der Waals surface area contributed by atoms with Gasteiger partial charge in [0, 0.05) is 43.0 Å². The fraction of sp³-hybridized carbons (Fsp3) is 0.524. The summed E-state index contributed by atoms with van der Waals surface area (Å²) >= 11 is 0. The number of fused-ring (bicyclic) bond motifs is 3. The van der Waals surface area contributed by atoms with Crippen LogP contribution in [0.5, 0.6) is 0 Å². The van der Waals surface area contributed by atoms with Gasteiger partial charge in [0.25, 0.3) is 0 Å². The molecule has 2 aromatic carbocycles. The van der Waals surface area contributed by atoms with Crippen molar-refractivity contribution in [1.29, 1.82) is 0 Å². The summed E-state index contributed by atoms with van der Waals surface area (Å²) in [5.74, 6) is -2.27. The van der Waals surface area contributed by atoms with Crippen molar-refractivity contribution in [2.24, 2.45) is 5.92 Å². The number of ketones is 1. The van der Waals surface area contributed by atoms with E-state index in [-0.39, 0.29) is 50.7 Å². The highest BCUT2D eigenvalue weighted by molar-refractivity contribution is 5.99. The number of alkyl carbamates (subject to hydrolysis) is 1. The maximum Gasteiger partial charge on any atom is 0.410 e. The first-order chi connectivity index (χ1) is 26.7. The molecule has 1 aliphatic carbocycles. The number of hydrogen-bond acceptors (Lipinski definition) is 8. The van der Waals surface area contributed by atoms with E-state index >= 15 is 0 Å². The molecule has 0 radical (unpaired) electrons. The lowest BCUT2D eigenvalue weighted by atomic mass is 10.0. The van der Waals surface area contributed by atoms with Crippen molar-refractivity contribution in [3.63, 3.8) is 0 Å². The van der Waals surface area contributed by atoms with E-state index in [9.17, 15) is 33.2 Å². The molecule has 5 amide bonds. The van der Waals surface area contributed by atoms with Gasteiger partial charge >= 0.3 is 12.2 Å². The van der Waals surface area contributed by atoms with E-state index in [1.807, 2.05) is 18.2 Å². The Hall–Kier alpha value is -5.27. The zero-order valence-corrected chi connectivity index (χ0v) is 32.5. The lowest BCUT2D eigenvalue weighted by Gasteiger charge is -2.30. The van der Waals surface area contributed by atoms with E-state index < -0.39 is 65.1 Å². The third-order valence-corrected chi connectivity index (χ3v) is 10.8. The van der Waals surface area contributed by atoms with Crippen LogP contribution in [0.4, 0.5) is 14.0 Å². The van der Waals surface area contributed by atoms with Crippen molar-refractivity contribution in [2.75, 3.05) is 6.54 Å². The molecule has 4 aliphatic rings. The Balaban J connectivity index is 1.23. The highest BCUT2D eigenvalue weighted by Gasteiger charge is 2.61. The van der Waals surface area contributed by atoms with Gasteiger partial charge in [0.2, 0.25) is 17.7 Å². The molecule has 1 saturated heterocycles. The minimum Gasteiger partial charge on any atom is -0.444 e. The van der Waals surface area contributed by atoms with Crippen molar-refractivity contribution in [3.05, 3.63) is 82.7 Å². The number of nitrogens with zero attached hydrogens (tertiary/aromatic N) is 2. The normalized spacial score (nSPS) is 25.1. The molecule has 2 aromatic rings. The number of rotatable bonds is 7. The van der Waals surface area contributed by atoms with Crippen LogP contribution in [0.2, 0.25) is 0 Å². The SMILES string of the molecule is CCC(=O)c1cccc(CNC(=O)[C@@]23C[C@H]2C=CCCCCC[C@H](NC(=O)OC(C)(C)C)C(=O)N2C[C@H](OC(=O)N4Cc5cccc(F)c5C4)C[C@H]2C(=O)N3)c1. The predicted molar refractivity (Wildman–Crippen MR) is 203 cm³/mol. The van der Waals surface area contributed by atoms with Crippen LogP contribution in [0.15, 0.2) is 54.6 Å². The molecule has 300 valence electrons.